The maximum Gasteiger partial charge on any atom is 0.274 e. The van der Waals surface area contributed by atoms with Crippen molar-refractivity contribution in [2.75, 3.05) is 33.5 Å². The number of morpholine rings is 1. The predicted molar refractivity (Wildman–Crippen MR) is 61.4 cm³/mol. The molecule has 0 N–H and O–H groups in total. The molecule has 0 saturated carbocycles. The molecular formula is C11H16FN3O3. The molecule has 1 atom stereocenters. The van der Waals surface area contributed by atoms with Crippen LogP contribution in [0, 0.1) is 0 Å². The van der Waals surface area contributed by atoms with Crippen LogP contribution in [0.2, 0.25) is 0 Å². The summed E-state index contributed by atoms with van der Waals surface area (Å²) in [7, 11) is 3.21. The Morgan fingerprint density at radius 2 is 2.50 bits per heavy atom. The maximum absolute atomic E-state index is 12.5. The van der Waals surface area contributed by atoms with E-state index in [9.17, 15) is 9.18 Å². The first kappa shape index (κ1) is 12.8. The molecule has 0 aliphatic carbocycles. The number of ether oxygens (including phenoxy) is 2. The summed E-state index contributed by atoms with van der Waals surface area (Å²) in [5.74, 6) is 0.282. The van der Waals surface area contributed by atoms with Gasteiger partial charge < -0.3 is 14.4 Å². The zero-order valence-electron chi connectivity index (χ0n) is 10.4. The van der Waals surface area contributed by atoms with Gasteiger partial charge in [0.05, 0.1) is 13.7 Å². The monoisotopic (exact) mass is 257 g/mol. The summed E-state index contributed by atoms with van der Waals surface area (Å²) in [6, 6.07) is 1.57. The van der Waals surface area contributed by atoms with Crippen LogP contribution >= 0.6 is 0 Å². The van der Waals surface area contributed by atoms with E-state index in [-0.39, 0.29) is 12.5 Å². The fourth-order valence-corrected chi connectivity index (χ4v) is 1.90. The van der Waals surface area contributed by atoms with E-state index < -0.39 is 12.8 Å². The molecule has 1 aromatic heterocycles. The minimum atomic E-state index is -0.588. The molecule has 1 aliphatic heterocycles. The van der Waals surface area contributed by atoms with Crippen molar-refractivity contribution >= 4 is 5.91 Å². The van der Waals surface area contributed by atoms with Crippen molar-refractivity contribution < 1.29 is 18.7 Å². The Hall–Kier alpha value is -1.63. The zero-order chi connectivity index (χ0) is 13.1. The Kier molecular flexibility index (Phi) is 3.81. The molecule has 2 heterocycles. The van der Waals surface area contributed by atoms with Gasteiger partial charge in [0, 0.05) is 26.2 Å². The van der Waals surface area contributed by atoms with Crippen LogP contribution in [0.5, 0.6) is 5.88 Å². The van der Waals surface area contributed by atoms with E-state index in [1.54, 1.807) is 18.0 Å². The van der Waals surface area contributed by atoms with E-state index in [0.29, 0.717) is 24.7 Å². The number of alkyl halides is 1. The van der Waals surface area contributed by atoms with Crippen LogP contribution < -0.4 is 4.74 Å². The third kappa shape index (κ3) is 2.45. The molecule has 1 aromatic rings. The Morgan fingerprint density at radius 3 is 3.11 bits per heavy atom. The summed E-state index contributed by atoms with van der Waals surface area (Å²) in [5, 5.41) is 4.07. The smallest absolute Gasteiger partial charge is 0.274 e. The normalized spacial score (nSPS) is 19.9. The molecule has 1 unspecified atom stereocenters. The van der Waals surface area contributed by atoms with E-state index in [1.165, 1.54) is 11.8 Å². The minimum Gasteiger partial charge on any atom is -0.481 e. The van der Waals surface area contributed by atoms with Gasteiger partial charge in [-0.05, 0) is 0 Å². The van der Waals surface area contributed by atoms with Crippen molar-refractivity contribution in [2.45, 2.75) is 6.10 Å². The van der Waals surface area contributed by atoms with Gasteiger partial charge in [-0.2, -0.15) is 5.10 Å². The lowest BCUT2D eigenvalue weighted by Gasteiger charge is -2.31. The highest BCUT2D eigenvalue weighted by Gasteiger charge is 2.26. The van der Waals surface area contributed by atoms with E-state index in [4.69, 9.17) is 9.47 Å². The molecule has 0 radical (unpaired) electrons. The van der Waals surface area contributed by atoms with Crippen molar-refractivity contribution in [1.82, 2.24) is 14.7 Å². The third-order valence-electron chi connectivity index (χ3n) is 2.86. The predicted octanol–water partition coefficient (Wildman–Crippen LogP) is 0.239. The second kappa shape index (κ2) is 5.34. The Bertz CT molecular complexity index is 435. The van der Waals surface area contributed by atoms with Crippen LogP contribution in [0.25, 0.3) is 0 Å². The lowest BCUT2D eigenvalue weighted by Crippen LogP contribution is -2.46. The van der Waals surface area contributed by atoms with Crippen LogP contribution in [0.4, 0.5) is 4.39 Å². The topological polar surface area (TPSA) is 56.6 Å². The molecule has 2 rings (SSSR count). The fourth-order valence-electron chi connectivity index (χ4n) is 1.90. The molecule has 0 spiro atoms. The first-order valence-electron chi connectivity index (χ1n) is 5.70. The summed E-state index contributed by atoms with van der Waals surface area (Å²) < 4.78 is 24.2. The van der Waals surface area contributed by atoms with Gasteiger partial charge in [0.25, 0.3) is 5.91 Å². The van der Waals surface area contributed by atoms with Gasteiger partial charge in [-0.3, -0.25) is 4.79 Å². The molecular weight excluding hydrogens is 241 g/mol. The Balaban J connectivity index is 2.10. The van der Waals surface area contributed by atoms with Crippen LogP contribution in [0.15, 0.2) is 6.07 Å². The number of hydrogen-bond donors (Lipinski definition) is 0. The molecule has 0 aromatic carbocycles. The fraction of sp³-hybridized carbons (Fsp3) is 0.636. The van der Waals surface area contributed by atoms with Crippen molar-refractivity contribution in [3.05, 3.63) is 11.8 Å². The number of methoxy groups -OCH3 is 1. The number of hydrogen-bond acceptors (Lipinski definition) is 4. The molecule has 1 aliphatic rings. The van der Waals surface area contributed by atoms with Gasteiger partial charge in [-0.15, -0.1) is 0 Å². The number of rotatable bonds is 3. The van der Waals surface area contributed by atoms with Crippen molar-refractivity contribution in [3.63, 3.8) is 0 Å². The maximum atomic E-state index is 12.5. The average molecular weight is 257 g/mol. The van der Waals surface area contributed by atoms with Crippen molar-refractivity contribution in [2.24, 2.45) is 7.05 Å². The van der Waals surface area contributed by atoms with Gasteiger partial charge in [-0.25, -0.2) is 9.07 Å². The SMILES string of the molecule is COc1cc(C(=O)N2CCOC(CF)C2)nn1C. The third-order valence-corrected chi connectivity index (χ3v) is 2.86. The highest BCUT2D eigenvalue weighted by Crippen LogP contribution is 2.15. The molecule has 1 amide bonds. The number of nitrogens with zero attached hydrogens (tertiary/aromatic N) is 3. The second-order valence-corrected chi connectivity index (χ2v) is 4.09. The Labute approximate surface area is 104 Å². The largest absolute Gasteiger partial charge is 0.481 e. The van der Waals surface area contributed by atoms with Crippen LogP contribution in [-0.2, 0) is 11.8 Å². The molecule has 0 bridgehead atoms. The molecule has 18 heavy (non-hydrogen) atoms. The van der Waals surface area contributed by atoms with Crippen molar-refractivity contribution in [3.8, 4) is 5.88 Å². The number of aromatic nitrogens is 2. The first-order valence-corrected chi connectivity index (χ1v) is 5.70. The van der Waals surface area contributed by atoms with E-state index in [0.717, 1.165) is 0 Å². The zero-order valence-corrected chi connectivity index (χ0v) is 10.4. The number of aryl methyl sites for hydroxylation is 1. The molecule has 1 saturated heterocycles. The van der Waals surface area contributed by atoms with E-state index in [1.807, 2.05) is 0 Å². The Morgan fingerprint density at radius 1 is 1.72 bits per heavy atom. The van der Waals surface area contributed by atoms with Crippen LogP contribution in [-0.4, -0.2) is 60.2 Å². The second-order valence-electron chi connectivity index (χ2n) is 4.09. The summed E-state index contributed by atoms with van der Waals surface area (Å²) in [6.45, 7) is 0.474. The van der Waals surface area contributed by atoms with Crippen LogP contribution in [0.3, 0.4) is 0 Å². The van der Waals surface area contributed by atoms with E-state index in [2.05, 4.69) is 5.10 Å². The lowest BCUT2D eigenvalue weighted by molar-refractivity contribution is -0.0312. The highest BCUT2D eigenvalue weighted by molar-refractivity contribution is 5.92. The summed E-state index contributed by atoms with van der Waals surface area (Å²) >= 11 is 0. The number of carbonyl (C=O) groups is 1. The number of halogens is 1. The standard InChI is InChI=1S/C11H16FN3O3/c1-14-10(17-2)5-9(13-14)11(16)15-3-4-18-8(6-12)7-15/h5,8H,3-4,6-7H2,1-2H3. The first-order chi connectivity index (χ1) is 8.65. The van der Waals surface area contributed by atoms with Crippen LogP contribution in [0.1, 0.15) is 10.5 Å². The van der Waals surface area contributed by atoms with E-state index >= 15 is 0 Å². The average Bonchev–Trinajstić information content (AvgIpc) is 2.79. The molecule has 100 valence electrons. The number of amides is 1. The van der Waals surface area contributed by atoms with Crippen molar-refractivity contribution in [1.29, 1.82) is 0 Å². The molecule has 1 fully saturated rings. The summed E-state index contributed by atoms with van der Waals surface area (Å²) in [4.78, 5) is 13.7. The summed E-state index contributed by atoms with van der Waals surface area (Å²) in [6.07, 6.45) is -0.534. The van der Waals surface area contributed by atoms with Gasteiger partial charge in [-0.1, -0.05) is 0 Å². The quantitative estimate of drug-likeness (QED) is 0.778. The highest BCUT2D eigenvalue weighted by atomic mass is 19.1. The minimum absolute atomic E-state index is 0.226. The molecule has 6 nitrogen and oxygen atoms in total. The van der Waals surface area contributed by atoms with Gasteiger partial charge >= 0.3 is 0 Å². The van der Waals surface area contributed by atoms with Gasteiger partial charge in [0.1, 0.15) is 12.8 Å². The summed E-state index contributed by atoms with van der Waals surface area (Å²) in [5.41, 5.74) is 0.300. The number of carbonyl (C=O) groups excluding carboxylic acids is 1. The van der Waals surface area contributed by atoms with Gasteiger partial charge in [0.15, 0.2) is 5.69 Å². The van der Waals surface area contributed by atoms with Gasteiger partial charge in [0.2, 0.25) is 5.88 Å². The molecule has 7 heteroatoms. The lowest BCUT2D eigenvalue weighted by atomic mass is 10.2.